The number of hydrogen-bond donors (Lipinski definition) is 2. The molecule has 2 aromatic carbocycles. The third kappa shape index (κ3) is 5.22. The normalized spacial score (nSPS) is 18.5. The van der Waals surface area contributed by atoms with Crippen LogP contribution in [-0.4, -0.2) is 40.9 Å². The Morgan fingerprint density at radius 3 is 2.67 bits per heavy atom. The molecule has 2 N–H and O–H groups in total. The van der Waals surface area contributed by atoms with Gasteiger partial charge >= 0.3 is 6.09 Å². The molecule has 0 aliphatic carbocycles. The number of alkyl carbamates (subject to hydrolysis) is 1. The summed E-state index contributed by atoms with van der Waals surface area (Å²) in [7, 11) is 0. The number of ether oxygens (including phenoxy) is 1. The van der Waals surface area contributed by atoms with Crippen molar-refractivity contribution >= 4 is 23.8 Å². The Kier molecular flexibility index (Phi) is 6.72. The molecule has 8 heteroatoms. The molecule has 1 saturated heterocycles. The topological polar surface area (TPSA) is 105 Å². The maximum Gasteiger partial charge on any atom is 0.407 e. The van der Waals surface area contributed by atoms with Crippen molar-refractivity contribution in [2.45, 2.75) is 57.8 Å². The largest absolute Gasteiger partial charge is 0.446 e. The van der Waals surface area contributed by atoms with Crippen LogP contribution < -0.4 is 10.6 Å². The Labute approximate surface area is 192 Å². The highest BCUT2D eigenvalue weighted by molar-refractivity contribution is 6.05. The van der Waals surface area contributed by atoms with Crippen molar-refractivity contribution < 1.29 is 23.9 Å². The second kappa shape index (κ2) is 9.85. The molecule has 0 bridgehead atoms. The van der Waals surface area contributed by atoms with Crippen molar-refractivity contribution in [1.29, 1.82) is 0 Å². The Bertz CT molecular complexity index is 1070. The van der Waals surface area contributed by atoms with Crippen molar-refractivity contribution in [2.24, 2.45) is 0 Å². The van der Waals surface area contributed by atoms with E-state index in [1.54, 1.807) is 6.07 Å². The lowest BCUT2D eigenvalue weighted by molar-refractivity contribution is -0.136. The fourth-order valence-corrected chi connectivity index (χ4v) is 4.23. The van der Waals surface area contributed by atoms with Gasteiger partial charge in [0, 0.05) is 31.5 Å². The van der Waals surface area contributed by atoms with Gasteiger partial charge < -0.3 is 15.0 Å². The summed E-state index contributed by atoms with van der Waals surface area (Å²) in [5, 5.41) is 5.05. The number of piperidine rings is 1. The minimum atomic E-state index is -0.644. The zero-order valence-electron chi connectivity index (χ0n) is 18.5. The van der Waals surface area contributed by atoms with E-state index in [4.69, 9.17) is 4.74 Å². The van der Waals surface area contributed by atoms with Gasteiger partial charge in [0.05, 0.1) is 0 Å². The maximum atomic E-state index is 12.9. The summed E-state index contributed by atoms with van der Waals surface area (Å²) in [6.07, 6.45) is 1.16. The first-order chi connectivity index (χ1) is 15.9. The van der Waals surface area contributed by atoms with Crippen molar-refractivity contribution in [3.63, 3.8) is 0 Å². The van der Waals surface area contributed by atoms with Crippen LogP contribution in [0.1, 0.15) is 53.2 Å². The summed E-state index contributed by atoms with van der Waals surface area (Å²) < 4.78 is 5.56. The zero-order valence-corrected chi connectivity index (χ0v) is 18.5. The molecule has 1 fully saturated rings. The van der Waals surface area contributed by atoms with Gasteiger partial charge in [0.25, 0.3) is 5.91 Å². The van der Waals surface area contributed by atoms with Crippen molar-refractivity contribution in [3.05, 3.63) is 70.8 Å². The van der Waals surface area contributed by atoms with Gasteiger partial charge in [-0.25, -0.2) is 4.79 Å². The van der Waals surface area contributed by atoms with Gasteiger partial charge in [0.15, 0.2) is 0 Å². The van der Waals surface area contributed by atoms with E-state index in [1.165, 1.54) is 4.90 Å². The first kappa shape index (κ1) is 22.5. The lowest BCUT2D eigenvalue weighted by Gasteiger charge is -2.29. The molecule has 2 atom stereocenters. The summed E-state index contributed by atoms with van der Waals surface area (Å²) in [5.74, 6) is -0.981. The molecule has 2 aliphatic heterocycles. The highest BCUT2D eigenvalue weighted by Crippen LogP contribution is 2.28. The number of rotatable bonds is 7. The molecule has 2 heterocycles. The van der Waals surface area contributed by atoms with Gasteiger partial charge in [-0.05, 0) is 35.6 Å². The van der Waals surface area contributed by atoms with Gasteiger partial charge in [-0.15, -0.1) is 0 Å². The second-order valence-corrected chi connectivity index (χ2v) is 8.37. The van der Waals surface area contributed by atoms with Crippen molar-refractivity contribution in [2.75, 3.05) is 0 Å². The number of nitrogens with one attached hydrogen (secondary N) is 2. The van der Waals surface area contributed by atoms with Crippen LogP contribution >= 0.6 is 0 Å². The fraction of sp³-hybridized carbons (Fsp3) is 0.360. The van der Waals surface area contributed by atoms with Crippen LogP contribution in [0, 0.1) is 0 Å². The number of hydrogen-bond acceptors (Lipinski definition) is 5. The van der Waals surface area contributed by atoms with Crippen molar-refractivity contribution in [1.82, 2.24) is 15.5 Å². The molecule has 33 heavy (non-hydrogen) atoms. The summed E-state index contributed by atoms with van der Waals surface area (Å²) in [6, 6.07) is 14.7. The Morgan fingerprint density at radius 2 is 1.94 bits per heavy atom. The molecule has 4 amide bonds. The molecule has 4 rings (SSSR count). The summed E-state index contributed by atoms with van der Waals surface area (Å²) >= 11 is 0. The van der Waals surface area contributed by atoms with E-state index in [0.29, 0.717) is 31.4 Å². The minimum absolute atomic E-state index is 0.219. The quantitative estimate of drug-likeness (QED) is 0.633. The van der Waals surface area contributed by atoms with Crippen LogP contribution in [0.2, 0.25) is 0 Å². The lowest BCUT2D eigenvalue weighted by atomic mass is 10.0. The fourth-order valence-electron chi connectivity index (χ4n) is 4.23. The van der Waals surface area contributed by atoms with Gasteiger partial charge in [0.2, 0.25) is 11.8 Å². The second-order valence-electron chi connectivity index (χ2n) is 8.37. The minimum Gasteiger partial charge on any atom is -0.446 e. The van der Waals surface area contributed by atoms with E-state index in [9.17, 15) is 19.2 Å². The molecular formula is C25H27N3O5. The molecule has 8 nitrogen and oxygen atoms in total. The Balaban J connectivity index is 1.33. The highest BCUT2D eigenvalue weighted by atomic mass is 16.6. The zero-order chi connectivity index (χ0) is 23.4. The van der Waals surface area contributed by atoms with Crippen LogP contribution in [0.25, 0.3) is 0 Å². The first-order valence-electron chi connectivity index (χ1n) is 11.2. The molecule has 0 aromatic heterocycles. The van der Waals surface area contributed by atoms with E-state index in [2.05, 4.69) is 10.6 Å². The average molecular weight is 450 g/mol. The summed E-state index contributed by atoms with van der Waals surface area (Å²) in [4.78, 5) is 50.3. The van der Waals surface area contributed by atoms with Gasteiger partial charge in [-0.1, -0.05) is 49.4 Å². The molecular weight excluding hydrogens is 422 g/mol. The third-order valence-corrected chi connectivity index (χ3v) is 6.06. The number of imide groups is 1. The number of fused-ring (bicyclic) bond motifs is 1. The monoisotopic (exact) mass is 449 g/mol. The molecule has 0 spiro atoms. The smallest absolute Gasteiger partial charge is 0.407 e. The number of nitrogens with zero attached hydrogens (tertiary/aromatic N) is 1. The Morgan fingerprint density at radius 1 is 1.15 bits per heavy atom. The van der Waals surface area contributed by atoms with Gasteiger partial charge in [0.1, 0.15) is 12.1 Å². The molecule has 2 aromatic rings. The lowest BCUT2D eigenvalue weighted by Crippen LogP contribution is -2.52. The average Bonchev–Trinajstić information content (AvgIpc) is 3.13. The third-order valence-electron chi connectivity index (χ3n) is 6.06. The standard InChI is InChI=1S/C25H27N3O5/c1-2-19(12-16-6-4-3-5-7-16)33-25(32)26-14-17-8-9-18-15-28(24(31)20(18)13-17)21-10-11-22(29)27-23(21)30/h3-9,13,19,21H,2,10-12,14-15H2,1H3,(H,26,32)(H,27,29,30). The molecule has 0 radical (unpaired) electrons. The number of benzene rings is 2. The van der Waals surface area contributed by atoms with Crippen LogP contribution in [0.3, 0.4) is 0 Å². The SMILES string of the molecule is CCC(Cc1ccccc1)OC(=O)NCc1ccc2c(c1)C(=O)N(C1CCC(=O)NC1=O)C2. The molecule has 2 unspecified atom stereocenters. The van der Waals surface area contributed by atoms with E-state index in [0.717, 1.165) is 16.7 Å². The van der Waals surface area contributed by atoms with Crippen LogP contribution in [0.15, 0.2) is 48.5 Å². The Hall–Kier alpha value is -3.68. The van der Waals surface area contributed by atoms with Gasteiger partial charge in [-0.2, -0.15) is 0 Å². The maximum absolute atomic E-state index is 12.9. The predicted molar refractivity (Wildman–Crippen MR) is 120 cm³/mol. The van der Waals surface area contributed by atoms with Crippen LogP contribution in [0.4, 0.5) is 4.79 Å². The van der Waals surface area contributed by atoms with Crippen LogP contribution in [0.5, 0.6) is 0 Å². The van der Waals surface area contributed by atoms with E-state index >= 15 is 0 Å². The number of carbonyl (C=O) groups excluding carboxylic acids is 4. The summed E-state index contributed by atoms with van der Waals surface area (Å²) in [6.45, 7) is 2.52. The number of carbonyl (C=O) groups is 4. The molecule has 2 aliphatic rings. The number of amides is 4. The molecule has 0 saturated carbocycles. The van der Waals surface area contributed by atoms with E-state index in [-0.39, 0.29) is 30.9 Å². The van der Waals surface area contributed by atoms with E-state index < -0.39 is 18.0 Å². The van der Waals surface area contributed by atoms with Gasteiger partial charge in [-0.3, -0.25) is 19.7 Å². The predicted octanol–water partition coefficient (Wildman–Crippen LogP) is 2.70. The van der Waals surface area contributed by atoms with E-state index in [1.807, 2.05) is 49.4 Å². The van der Waals surface area contributed by atoms with Crippen LogP contribution in [-0.2, 0) is 33.8 Å². The highest BCUT2D eigenvalue weighted by Gasteiger charge is 2.39. The summed E-state index contributed by atoms with van der Waals surface area (Å²) in [5.41, 5.74) is 3.21. The first-order valence-corrected chi connectivity index (χ1v) is 11.2. The van der Waals surface area contributed by atoms with Crippen molar-refractivity contribution in [3.8, 4) is 0 Å². The molecule has 172 valence electrons.